The highest BCUT2D eigenvalue weighted by atomic mass is 16.6. The maximum atomic E-state index is 11.2. The second-order valence-electron chi connectivity index (χ2n) is 3.53. The Morgan fingerprint density at radius 1 is 1.50 bits per heavy atom. The van der Waals surface area contributed by atoms with Gasteiger partial charge in [-0.25, -0.2) is 4.79 Å². The molecule has 0 aliphatic rings. The molecular formula is C8H16N2O2. The number of nitrogens with zero attached hydrogens (tertiary/aromatic N) is 1. The molecule has 0 heterocycles. The van der Waals surface area contributed by atoms with E-state index in [0.717, 1.165) is 4.90 Å². The Labute approximate surface area is 73.0 Å². The number of carbonyl (C=O) groups excluding carboxylic acids is 1. The van der Waals surface area contributed by atoms with Gasteiger partial charge < -0.3 is 10.5 Å². The second kappa shape index (κ2) is 3.47. The Kier molecular flexibility index (Phi) is 3.13. The molecule has 0 aromatic rings. The van der Waals surface area contributed by atoms with Crippen molar-refractivity contribution in [2.75, 3.05) is 7.05 Å². The topological polar surface area (TPSA) is 55.6 Å². The summed E-state index contributed by atoms with van der Waals surface area (Å²) in [5, 5.41) is 0. The van der Waals surface area contributed by atoms with Gasteiger partial charge in [0.2, 0.25) is 0 Å². The van der Waals surface area contributed by atoms with Gasteiger partial charge in [0, 0.05) is 7.05 Å². The van der Waals surface area contributed by atoms with Crippen LogP contribution < -0.4 is 5.73 Å². The van der Waals surface area contributed by atoms with Crippen LogP contribution in [-0.4, -0.2) is 23.6 Å². The molecule has 0 radical (unpaired) electrons. The van der Waals surface area contributed by atoms with E-state index in [1.165, 1.54) is 7.05 Å². The first-order valence-electron chi connectivity index (χ1n) is 3.65. The van der Waals surface area contributed by atoms with Gasteiger partial charge >= 0.3 is 6.09 Å². The highest BCUT2D eigenvalue weighted by molar-refractivity contribution is 5.69. The maximum absolute atomic E-state index is 11.2. The Hall–Kier alpha value is -1.19. The molecule has 0 unspecified atom stereocenters. The summed E-state index contributed by atoms with van der Waals surface area (Å²) >= 11 is 0. The average Bonchev–Trinajstić information content (AvgIpc) is 1.82. The van der Waals surface area contributed by atoms with Crippen molar-refractivity contribution in [3.8, 4) is 0 Å². The third-order valence-corrected chi connectivity index (χ3v) is 1.10. The van der Waals surface area contributed by atoms with Crippen LogP contribution in [0.3, 0.4) is 0 Å². The van der Waals surface area contributed by atoms with Gasteiger partial charge in [0.25, 0.3) is 0 Å². The Morgan fingerprint density at radius 2 is 1.92 bits per heavy atom. The van der Waals surface area contributed by atoms with E-state index in [2.05, 4.69) is 6.58 Å². The summed E-state index contributed by atoms with van der Waals surface area (Å²) in [5.74, 6) is 0.171. The summed E-state index contributed by atoms with van der Waals surface area (Å²) in [7, 11) is 1.51. The molecule has 12 heavy (non-hydrogen) atoms. The molecule has 0 saturated carbocycles. The third kappa shape index (κ3) is 3.85. The van der Waals surface area contributed by atoms with Crippen molar-refractivity contribution in [3.05, 3.63) is 12.4 Å². The van der Waals surface area contributed by atoms with E-state index in [4.69, 9.17) is 10.5 Å². The van der Waals surface area contributed by atoms with E-state index >= 15 is 0 Å². The third-order valence-electron chi connectivity index (χ3n) is 1.10. The molecule has 2 N–H and O–H groups in total. The molecule has 0 spiro atoms. The van der Waals surface area contributed by atoms with Crippen molar-refractivity contribution < 1.29 is 9.53 Å². The van der Waals surface area contributed by atoms with Gasteiger partial charge in [0.15, 0.2) is 0 Å². The van der Waals surface area contributed by atoms with Crippen molar-refractivity contribution in [2.45, 2.75) is 26.4 Å². The van der Waals surface area contributed by atoms with Gasteiger partial charge in [-0.2, -0.15) is 0 Å². The fraction of sp³-hybridized carbons (Fsp3) is 0.625. The van der Waals surface area contributed by atoms with E-state index in [0.29, 0.717) is 0 Å². The van der Waals surface area contributed by atoms with Crippen molar-refractivity contribution in [3.63, 3.8) is 0 Å². The van der Waals surface area contributed by atoms with Crippen LogP contribution in [0.2, 0.25) is 0 Å². The fourth-order valence-corrected chi connectivity index (χ4v) is 0.448. The molecule has 0 rings (SSSR count). The van der Waals surface area contributed by atoms with Crippen LogP contribution in [0.25, 0.3) is 0 Å². The van der Waals surface area contributed by atoms with Crippen LogP contribution in [0.15, 0.2) is 12.4 Å². The molecule has 0 aliphatic carbocycles. The Balaban J connectivity index is 4.15. The molecule has 70 valence electrons. The molecule has 0 aliphatic heterocycles. The van der Waals surface area contributed by atoms with E-state index in [-0.39, 0.29) is 5.82 Å². The van der Waals surface area contributed by atoms with Crippen LogP contribution >= 0.6 is 0 Å². The minimum atomic E-state index is -0.499. The number of hydrogen-bond donors (Lipinski definition) is 1. The monoisotopic (exact) mass is 172 g/mol. The summed E-state index contributed by atoms with van der Waals surface area (Å²) in [6, 6.07) is 0. The first-order valence-corrected chi connectivity index (χ1v) is 3.65. The number of carbonyl (C=O) groups is 1. The zero-order valence-corrected chi connectivity index (χ0v) is 8.05. The van der Waals surface area contributed by atoms with Gasteiger partial charge in [-0.1, -0.05) is 6.58 Å². The lowest BCUT2D eigenvalue weighted by atomic mass is 10.2. The lowest BCUT2D eigenvalue weighted by Crippen LogP contribution is -2.35. The second-order valence-corrected chi connectivity index (χ2v) is 3.53. The van der Waals surface area contributed by atoms with Crippen LogP contribution in [0.4, 0.5) is 4.79 Å². The van der Waals surface area contributed by atoms with E-state index < -0.39 is 11.7 Å². The van der Waals surface area contributed by atoms with Crippen molar-refractivity contribution in [1.29, 1.82) is 0 Å². The largest absolute Gasteiger partial charge is 0.443 e. The molecule has 0 fully saturated rings. The smallest absolute Gasteiger partial charge is 0.415 e. The van der Waals surface area contributed by atoms with Gasteiger partial charge in [-0.15, -0.1) is 0 Å². The molecule has 1 amide bonds. The summed E-state index contributed by atoms with van der Waals surface area (Å²) in [5.41, 5.74) is 4.79. The van der Waals surface area contributed by atoms with Crippen molar-refractivity contribution in [1.82, 2.24) is 4.90 Å². The maximum Gasteiger partial charge on any atom is 0.415 e. The lowest BCUT2D eigenvalue weighted by molar-refractivity contribution is 0.0352. The van der Waals surface area contributed by atoms with Crippen molar-refractivity contribution >= 4 is 6.09 Å². The lowest BCUT2D eigenvalue weighted by Gasteiger charge is -2.24. The van der Waals surface area contributed by atoms with Gasteiger partial charge in [-0.05, 0) is 20.8 Å². The summed E-state index contributed by atoms with van der Waals surface area (Å²) in [6.45, 7) is 8.78. The van der Waals surface area contributed by atoms with Crippen molar-refractivity contribution in [2.24, 2.45) is 5.73 Å². The van der Waals surface area contributed by atoms with Gasteiger partial charge in [0.05, 0.1) is 0 Å². The number of amides is 1. The Morgan fingerprint density at radius 3 is 2.17 bits per heavy atom. The van der Waals surface area contributed by atoms with Gasteiger partial charge in [0.1, 0.15) is 11.4 Å². The summed E-state index contributed by atoms with van der Waals surface area (Å²) in [4.78, 5) is 12.3. The van der Waals surface area contributed by atoms with E-state index in [9.17, 15) is 4.79 Å². The van der Waals surface area contributed by atoms with Crippen LogP contribution in [0, 0.1) is 0 Å². The summed E-state index contributed by atoms with van der Waals surface area (Å²) < 4.78 is 5.01. The number of nitrogens with two attached hydrogens (primary N) is 1. The molecule has 0 bridgehead atoms. The quantitative estimate of drug-likeness (QED) is 0.648. The molecule has 0 aromatic carbocycles. The number of ether oxygens (including phenoxy) is 1. The normalized spacial score (nSPS) is 10.7. The number of hydrogen-bond acceptors (Lipinski definition) is 3. The van der Waals surface area contributed by atoms with Gasteiger partial charge in [-0.3, -0.25) is 4.90 Å². The number of rotatable bonds is 1. The molecule has 4 nitrogen and oxygen atoms in total. The molecule has 0 atom stereocenters. The van der Waals surface area contributed by atoms with E-state index in [1.54, 1.807) is 20.8 Å². The fourth-order valence-electron chi connectivity index (χ4n) is 0.448. The zero-order valence-electron chi connectivity index (χ0n) is 8.05. The molecule has 4 heteroatoms. The highest BCUT2D eigenvalue weighted by Crippen LogP contribution is 2.09. The highest BCUT2D eigenvalue weighted by Gasteiger charge is 2.19. The Bertz CT molecular complexity index is 194. The molecule has 0 aromatic heterocycles. The zero-order chi connectivity index (χ0) is 9.94. The minimum absolute atomic E-state index is 0.171. The van der Waals surface area contributed by atoms with Crippen LogP contribution in [0.1, 0.15) is 20.8 Å². The van der Waals surface area contributed by atoms with Crippen LogP contribution in [0.5, 0.6) is 0 Å². The van der Waals surface area contributed by atoms with E-state index in [1.807, 2.05) is 0 Å². The standard InChI is InChI=1S/C8H16N2O2/c1-6(9)10(5)7(11)12-8(2,3)4/h1,9H2,2-5H3. The van der Waals surface area contributed by atoms with Crippen LogP contribution in [-0.2, 0) is 4.74 Å². The molecular weight excluding hydrogens is 156 g/mol. The SMILES string of the molecule is C=C(N)N(C)C(=O)OC(C)(C)C. The summed E-state index contributed by atoms with van der Waals surface area (Å²) in [6.07, 6.45) is -0.491. The predicted molar refractivity (Wildman–Crippen MR) is 47.3 cm³/mol. The first-order chi connectivity index (χ1) is 5.24. The average molecular weight is 172 g/mol. The first kappa shape index (κ1) is 10.8. The minimum Gasteiger partial charge on any atom is -0.443 e. The molecule has 0 saturated heterocycles. The predicted octanol–water partition coefficient (Wildman–Crippen LogP) is 1.28.